The van der Waals surface area contributed by atoms with E-state index in [2.05, 4.69) is 20.5 Å². The van der Waals surface area contributed by atoms with Crippen molar-refractivity contribution >= 4 is 45.6 Å². The maximum atomic E-state index is 12.0. The SMILES string of the molecule is O=C(Nc1ncc(Cc2ccc(Cl)cc2Cl)s1)c1ccc(=O)[nH]n1. The summed E-state index contributed by atoms with van der Waals surface area (Å²) in [5.41, 5.74) is 0.653. The molecule has 2 N–H and O–H groups in total. The molecule has 122 valence electrons. The molecule has 3 rings (SSSR count). The van der Waals surface area contributed by atoms with Crippen LogP contribution in [-0.2, 0) is 6.42 Å². The Bertz CT molecular complexity index is 934. The van der Waals surface area contributed by atoms with Gasteiger partial charge in [-0.15, -0.1) is 11.3 Å². The van der Waals surface area contributed by atoms with Crippen LogP contribution >= 0.6 is 34.5 Å². The van der Waals surface area contributed by atoms with Gasteiger partial charge in [0.1, 0.15) is 5.69 Å². The molecule has 24 heavy (non-hydrogen) atoms. The Labute approximate surface area is 150 Å². The van der Waals surface area contributed by atoms with E-state index < -0.39 is 5.91 Å². The quantitative estimate of drug-likeness (QED) is 0.725. The molecule has 6 nitrogen and oxygen atoms in total. The van der Waals surface area contributed by atoms with Gasteiger partial charge in [0.25, 0.3) is 11.5 Å². The summed E-state index contributed by atoms with van der Waals surface area (Å²) in [5, 5.41) is 10.1. The predicted molar refractivity (Wildman–Crippen MR) is 94.2 cm³/mol. The molecule has 9 heteroatoms. The second-order valence-electron chi connectivity index (χ2n) is 4.80. The molecule has 0 aliphatic carbocycles. The number of rotatable bonds is 4. The second kappa shape index (κ2) is 7.12. The normalized spacial score (nSPS) is 10.6. The average Bonchev–Trinajstić information content (AvgIpc) is 2.98. The number of nitrogens with one attached hydrogen (secondary N) is 2. The van der Waals surface area contributed by atoms with Crippen LogP contribution in [0.5, 0.6) is 0 Å². The molecule has 0 unspecified atom stereocenters. The van der Waals surface area contributed by atoms with Gasteiger partial charge in [-0.2, -0.15) is 5.10 Å². The molecule has 0 saturated carbocycles. The van der Waals surface area contributed by atoms with Crippen LogP contribution in [0, 0.1) is 0 Å². The number of anilines is 1. The third-order valence-electron chi connectivity index (χ3n) is 3.07. The molecule has 1 amide bonds. The van der Waals surface area contributed by atoms with E-state index in [0.717, 1.165) is 10.4 Å². The summed E-state index contributed by atoms with van der Waals surface area (Å²) in [7, 11) is 0. The van der Waals surface area contributed by atoms with Gasteiger partial charge in [-0.1, -0.05) is 29.3 Å². The highest BCUT2D eigenvalue weighted by Gasteiger charge is 2.11. The van der Waals surface area contributed by atoms with Crippen molar-refractivity contribution in [3.63, 3.8) is 0 Å². The van der Waals surface area contributed by atoms with Gasteiger partial charge in [0.15, 0.2) is 5.13 Å². The van der Waals surface area contributed by atoms with Crippen LogP contribution in [0.15, 0.2) is 41.3 Å². The number of carbonyl (C=O) groups is 1. The molecule has 1 aromatic carbocycles. The van der Waals surface area contributed by atoms with Gasteiger partial charge in [-0.3, -0.25) is 14.9 Å². The predicted octanol–water partition coefficient (Wildman–Crippen LogP) is 3.38. The van der Waals surface area contributed by atoms with Crippen LogP contribution in [0.25, 0.3) is 0 Å². The molecule has 0 spiro atoms. The number of aromatic amines is 1. The summed E-state index contributed by atoms with van der Waals surface area (Å²) in [4.78, 5) is 28.1. The van der Waals surface area contributed by atoms with Crippen LogP contribution in [0.4, 0.5) is 5.13 Å². The lowest BCUT2D eigenvalue weighted by Crippen LogP contribution is -2.17. The Morgan fingerprint density at radius 2 is 2.08 bits per heavy atom. The number of nitrogens with zero attached hydrogens (tertiary/aromatic N) is 2. The third kappa shape index (κ3) is 4.00. The van der Waals surface area contributed by atoms with Crippen molar-refractivity contribution in [1.82, 2.24) is 15.2 Å². The fourth-order valence-electron chi connectivity index (χ4n) is 1.93. The van der Waals surface area contributed by atoms with Gasteiger partial charge in [0, 0.05) is 33.6 Å². The van der Waals surface area contributed by atoms with E-state index in [1.165, 1.54) is 23.5 Å². The van der Waals surface area contributed by atoms with Crippen molar-refractivity contribution in [1.29, 1.82) is 0 Å². The molecule has 2 heterocycles. The summed E-state index contributed by atoms with van der Waals surface area (Å²) in [6.07, 6.45) is 2.26. The summed E-state index contributed by atoms with van der Waals surface area (Å²) in [6.45, 7) is 0. The Kier molecular flexibility index (Phi) is 4.94. The van der Waals surface area contributed by atoms with Gasteiger partial charge in [0.05, 0.1) is 0 Å². The van der Waals surface area contributed by atoms with Crippen molar-refractivity contribution < 1.29 is 4.79 Å². The zero-order valence-corrected chi connectivity index (χ0v) is 14.4. The number of H-pyrrole nitrogens is 1. The lowest BCUT2D eigenvalue weighted by molar-refractivity contribution is 0.102. The highest BCUT2D eigenvalue weighted by Crippen LogP contribution is 2.27. The number of carbonyl (C=O) groups excluding carboxylic acids is 1. The number of benzene rings is 1. The van der Waals surface area contributed by atoms with Crippen LogP contribution in [0.3, 0.4) is 0 Å². The van der Waals surface area contributed by atoms with Gasteiger partial charge in [0.2, 0.25) is 0 Å². The summed E-state index contributed by atoms with van der Waals surface area (Å²) in [6, 6.07) is 7.89. The minimum absolute atomic E-state index is 0.104. The van der Waals surface area contributed by atoms with E-state index in [9.17, 15) is 9.59 Å². The molecule has 0 bridgehead atoms. The Morgan fingerprint density at radius 3 is 2.79 bits per heavy atom. The second-order valence-corrected chi connectivity index (χ2v) is 6.76. The highest BCUT2D eigenvalue weighted by molar-refractivity contribution is 7.15. The van der Waals surface area contributed by atoms with Crippen molar-refractivity contribution in [2.75, 3.05) is 5.32 Å². The standard InChI is InChI=1S/C15H10Cl2N4O2S/c16-9-2-1-8(11(17)6-9)5-10-7-18-15(24-10)19-14(23)12-3-4-13(22)21-20-12/h1-4,6-7H,5H2,(H,21,22)(H,18,19,23). The number of aromatic nitrogens is 3. The summed E-state index contributed by atoms with van der Waals surface area (Å²) >= 11 is 13.4. The van der Waals surface area contributed by atoms with Gasteiger partial charge >= 0.3 is 0 Å². The number of thiazole rings is 1. The van der Waals surface area contributed by atoms with E-state index in [-0.39, 0.29) is 11.3 Å². The van der Waals surface area contributed by atoms with E-state index in [1.54, 1.807) is 18.3 Å². The average molecular weight is 381 g/mol. The summed E-state index contributed by atoms with van der Waals surface area (Å²) < 4.78 is 0. The minimum Gasteiger partial charge on any atom is -0.296 e. The van der Waals surface area contributed by atoms with Crippen molar-refractivity contribution in [3.05, 3.63) is 73.1 Å². The number of amides is 1. The Hall–Kier alpha value is -2.22. The smallest absolute Gasteiger partial charge is 0.277 e. The Balaban J connectivity index is 1.70. The van der Waals surface area contributed by atoms with Crippen LogP contribution < -0.4 is 10.9 Å². The van der Waals surface area contributed by atoms with E-state index in [0.29, 0.717) is 21.6 Å². The largest absolute Gasteiger partial charge is 0.296 e. The molecular weight excluding hydrogens is 371 g/mol. The molecule has 0 aliphatic rings. The molecule has 0 saturated heterocycles. The van der Waals surface area contributed by atoms with E-state index in [1.807, 2.05) is 6.07 Å². The molecule has 2 aromatic heterocycles. The monoisotopic (exact) mass is 380 g/mol. The summed E-state index contributed by atoms with van der Waals surface area (Å²) in [5.74, 6) is -0.448. The maximum Gasteiger partial charge on any atom is 0.277 e. The molecule has 0 fully saturated rings. The first kappa shape index (κ1) is 16.6. The third-order valence-corrected chi connectivity index (χ3v) is 4.57. The zero-order valence-electron chi connectivity index (χ0n) is 12.0. The Morgan fingerprint density at radius 1 is 1.25 bits per heavy atom. The fourth-order valence-corrected chi connectivity index (χ4v) is 3.24. The molecule has 3 aromatic rings. The molecule has 0 atom stereocenters. The lowest BCUT2D eigenvalue weighted by Gasteiger charge is -2.02. The first-order valence-electron chi connectivity index (χ1n) is 6.77. The first-order valence-corrected chi connectivity index (χ1v) is 8.34. The van der Waals surface area contributed by atoms with Crippen LogP contribution in [-0.4, -0.2) is 21.1 Å². The van der Waals surface area contributed by atoms with Gasteiger partial charge in [-0.05, 0) is 23.8 Å². The number of hydrogen-bond donors (Lipinski definition) is 2. The lowest BCUT2D eigenvalue weighted by atomic mass is 10.1. The topological polar surface area (TPSA) is 87.7 Å². The molecule has 0 aliphatic heterocycles. The number of hydrogen-bond acceptors (Lipinski definition) is 5. The molecule has 0 radical (unpaired) electrons. The van der Waals surface area contributed by atoms with Gasteiger partial charge < -0.3 is 0 Å². The van der Waals surface area contributed by atoms with Crippen molar-refractivity contribution in [2.24, 2.45) is 0 Å². The maximum absolute atomic E-state index is 12.0. The number of halogens is 2. The first-order chi connectivity index (χ1) is 11.5. The minimum atomic E-state index is -0.448. The fraction of sp³-hybridized carbons (Fsp3) is 0.0667. The zero-order chi connectivity index (χ0) is 17.1. The highest BCUT2D eigenvalue weighted by atomic mass is 35.5. The van der Waals surface area contributed by atoms with Gasteiger partial charge in [-0.25, -0.2) is 10.1 Å². The van der Waals surface area contributed by atoms with Crippen molar-refractivity contribution in [2.45, 2.75) is 6.42 Å². The van der Waals surface area contributed by atoms with E-state index in [4.69, 9.17) is 23.2 Å². The molecular formula is C15H10Cl2N4O2S. The van der Waals surface area contributed by atoms with Crippen molar-refractivity contribution in [3.8, 4) is 0 Å². The van der Waals surface area contributed by atoms with Crippen LogP contribution in [0.2, 0.25) is 10.0 Å². The van der Waals surface area contributed by atoms with E-state index >= 15 is 0 Å². The van der Waals surface area contributed by atoms with Crippen LogP contribution in [0.1, 0.15) is 20.9 Å².